The van der Waals surface area contributed by atoms with Crippen molar-refractivity contribution in [2.75, 3.05) is 37.7 Å². The van der Waals surface area contributed by atoms with E-state index < -0.39 is 17.2 Å². The van der Waals surface area contributed by atoms with Crippen LogP contribution in [0.25, 0.3) is 11.3 Å². The predicted octanol–water partition coefficient (Wildman–Crippen LogP) is 4.64. The SMILES string of the molecule is CCOc1ccnc(N2CCC3(CC2)CNC(=O)c2nc(-c4cccnc4OCC)ccc23)c1C(F)(F)F. The maximum absolute atomic E-state index is 14.0. The number of nitrogens with zero attached hydrogens (tertiary/aromatic N) is 4. The number of hydrogen-bond donors (Lipinski definition) is 1. The van der Waals surface area contributed by atoms with Gasteiger partial charge in [-0.05, 0) is 56.5 Å². The van der Waals surface area contributed by atoms with Crippen LogP contribution in [0.5, 0.6) is 11.6 Å². The monoisotopic (exact) mass is 527 g/mol. The molecule has 11 heteroatoms. The maximum Gasteiger partial charge on any atom is 0.423 e. The molecule has 1 saturated heterocycles. The van der Waals surface area contributed by atoms with Gasteiger partial charge < -0.3 is 19.7 Å². The second-order valence-corrected chi connectivity index (χ2v) is 9.27. The third kappa shape index (κ3) is 4.61. The molecule has 1 spiro atoms. The number of alkyl halides is 3. The van der Waals surface area contributed by atoms with Crippen LogP contribution in [-0.2, 0) is 11.6 Å². The molecule has 0 radical (unpaired) electrons. The van der Waals surface area contributed by atoms with Crippen molar-refractivity contribution < 1.29 is 27.4 Å². The van der Waals surface area contributed by atoms with Crippen LogP contribution >= 0.6 is 0 Å². The van der Waals surface area contributed by atoms with Crippen molar-refractivity contribution in [2.45, 2.75) is 38.3 Å². The molecular weight excluding hydrogens is 499 g/mol. The third-order valence-electron chi connectivity index (χ3n) is 7.09. The first-order valence-corrected chi connectivity index (χ1v) is 12.6. The Hall–Kier alpha value is -3.89. The smallest absolute Gasteiger partial charge is 0.423 e. The van der Waals surface area contributed by atoms with E-state index in [1.165, 1.54) is 12.3 Å². The van der Waals surface area contributed by atoms with E-state index in [9.17, 15) is 18.0 Å². The van der Waals surface area contributed by atoms with Gasteiger partial charge in [-0.1, -0.05) is 6.07 Å². The molecule has 2 aliphatic rings. The second-order valence-electron chi connectivity index (χ2n) is 9.27. The average Bonchev–Trinajstić information content (AvgIpc) is 2.91. The number of amides is 1. The molecule has 0 aliphatic carbocycles. The highest BCUT2D eigenvalue weighted by Crippen LogP contribution is 2.45. The molecule has 0 aromatic carbocycles. The highest BCUT2D eigenvalue weighted by Gasteiger charge is 2.45. The summed E-state index contributed by atoms with van der Waals surface area (Å²) in [5, 5.41) is 2.95. The topological polar surface area (TPSA) is 89.5 Å². The van der Waals surface area contributed by atoms with Crippen LogP contribution in [0.15, 0.2) is 42.7 Å². The number of hydrogen-bond acceptors (Lipinski definition) is 7. The van der Waals surface area contributed by atoms with Gasteiger partial charge >= 0.3 is 6.18 Å². The number of piperidine rings is 1. The fourth-order valence-corrected chi connectivity index (χ4v) is 5.28. The summed E-state index contributed by atoms with van der Waals surface area (Å²) in [7, 11) is 0. The van der Waals surface area contributed by atoms with Crippen molar-refractivity contribution in [1.29, 1.82) is 0 Å². The summed E-state index contributed by atoms with van der Waals surface area (Å²) in [4.78, 5) is 27.6. The lowest BCUT2D eigenvalue weighted by Crippen LogP contribution is -2.53. The zero-order valence-corrected chi connectivity index (χ0v) is 21.1. The highest BCUT2D eigenvalue weighted by atomic mass is 19.4. The van der Waals surface area contributed by atoms with E-state index in [0.29, 0.717) is 61.9 Å². The molecule has 0 unspecified atom stereocenters. The van der Waals surface area contributed by atoms with Crippen molar-refractivity contribution in [3.8, 4) is 22.9 Å². The fourth-order valence-electron chi connectivity index (χ4n) is 5.28. The molecule has 0 bridgehead atoms. The summed E-state index contributed by atoms with van der Waals surface area (Å²) >= 11 is 0. The van der Waals surface area contributed by atoms with Crippen LogP contribution in [0.2, 0.25) is 0 Å². The van der Waals surface area contributed by atoms with Crippen LogP contribution in [0.4, 0.5) is 19.0 Å². The lowest BCUT2D eigenvalue weighted by Gasteiger charge is -2.45. The Kier molecular flexibility index (Phi) is 6.85. The van der Waals surface area contributed by atoms with Gasteiger partial charge in [0.15, 0.2) is 0 Å². The van der Waals surface area contributed by atoms with E-state index in [0.717, 1.165) is 5.56 Å². The minimum absolute atomic E-state index is 0.117. The van der Waals surface area contributed by atoms with Gasteiger partial charge in [0.1, 0.15) is 22.8 Å². The Balaban J connectivity index is 1.45. The zero-order valence-electron chi connectivity index (χ0n) is 21.1. The Bertz CT molecular complexity index is 1340. The van der Waals surface area contributed by atoms with Crippen molar-refractivity contribution in [3.63, 3.8) is 0 Å². The van der Waals surface area contributed by atoms with E-state index >= 15 is 0 Å². The number of carbonyl (C=O) groups is 1. The number of fused-ring (bicyclic) bond motifs is 2. The summed E-state index contributed by atoms with van der Waals surface area (Å²) < 4.78 is 53.0. The van der Waals surface area contributed by atoms with E-state index in [1.54, 1.807) is 24.1 Å². The summed E-state index contributed by atoms with van der Waals surface area (Å²) in [6, 6.07) is 8.61. The second kappa shape index (κ2) is 10.1. The molecule has 5 rings (SSSR count). The van der Waals surface area contributed by atoms with Gasteiger partial charge in [0, 0.05) is 37.4 Å². The first kappa shape index (κ1) is 25.7. The number of nitrogens with one attached hydrogen (secondary N) is 1. The van der Waals surface area contributed by atoms with Crippen LogP contribution in [0.1, 0.15) is 48.3 Å². The van der Waals surface area contributed by atoms with Crippen LogP contribution < -0.4 is 19.7 Å². The Labute approximate surface area is 218 Å². The molecule has 2 aliphatic heterocycles. The molecule has 3 aromatic heterocycles. The number of carbonyl (C=O) groups excluding carboxylic acids is 1. The van der Waals surface area contributed by atoms with Gasteiger partial charge in [0.05, 0.1) is 24.5 Å². The predicted molar refractivity (Wildman–Crippen MR) is 135 cm³/mol. The molecule has 3 aromatic rings. The van der Waals surface area contributed by atoms with Crippen molar-refractivity contribution >= 4 is 11.7 Å². The molecular formula is C27H28F3N5O3. The summed E-state index contributed by atoms with van der Waals surface area (Å²) in [5.41, 5.74) is 1.07. The minimum atomic E-state index is -4.61. The minimum Gasteiger partial charge on any atom is -0.493 e. The number of ether oxygens (including phenoxy) is 2. The molecule has 5 heterocycles. The number of rotatable bonds is 6. The van der Waals surface area contributed by atoms with Gasteiger partial charge in [-0.2, -0.15) is 13.2 Å². The van der Waals surface area contributed by atoms with Crippen LogP contribution in [-0.4, -0.2) is 53.7 Å². The fraction of sp³-hybridized carbons (Fsp3) is 0.407. The number of halogens is 3. The molecule has 0 atom stereocenters. The number of aromatic nitrogens is 3. The van der Waals surface area contributed by atoms with E-state index in [-0.39, 0.29) is 24.1 Å². The quantitative estimate of drug-likeness (QED) is 0.500. The molecule has 200 valence electrons. The average molecular weight is 528 g/mol. The van der Waals surface area contributed by atoms with Gasteiger partial charge in [-0.3, -0.25) is 4.79 Å². The zero-order chi connectivity index (χ0) is 26.9. The van der Waals surface area contributed by atoms with Crippen LogP contribution in [0, 0.1) is 0 Å². The van der Waals surface area contributed by atoms with E-state index in [2.05, 4.69) is 20.3 Å². The standard InChI is InChI=1S/C27H28F3N5O3/c1-3-37-20-9-13-31-23(21(20)27(28,29)30)35-14-10-26(11-15-35)16-33-24(36)22-18(26)7-8-19(34-22)17-6-5-12-32-25(17)38-4-2/h5-9,12-13H,3-4,10-11,14-16H2,1-2H3,(H,33,36). The third-order valence-corrected chi connectivity index (χ3v) is 7.09. The molecule has 0 saturated carbocycles. The Morgan fingerprint density at radius 1 is 1.03 bits per heavy atom. The van der Waals surface area contributed by atoms with Gasteiger partial charge in [-0.15, -0.1) is 0 Å². The largest absolute Gasteiger partial charge is 0.493 e. The lowest BCUT2D eigenvalue weighted by atomic mass is 9.70. The van der Waals surface area contributed by atoms with Crippen LogP contribution in [0.3, 0.4) is 0 Å². The molecule has 1 amide bonds. The van der Waals surface area contributed by atoms with Gasteiger partial charge in [0.2, 0.25) is 5.88 Å². The van der Waals surface area contributed by atoms with Gasteiger partial charge in [-0.25, -0.2) is 15.0 Å². The first-order chi connectivity index (χ1) is 18.3. The summed E-state index contributed by atoms with van der Waals surface area (Å²) in [6.07, 6.45) is -0.587. The normalized spacial score (nSPS) is 16.7. The molecule has 1 fully saturated rings. The summed E-state index contributed by atoms with van der Waals surface area (Å²) in [6.45, 7) is 5.12. The molecule has 38 heavy (non-hydrogen) atoms. The van der Waals surface area contributed by atoms with Crippen molar-refractivity contribution in [3.05, 3.63) is 59.5 Å². The molecule has 8 nitrogen and oxygen atoms in total. The first-order valence-electron chi connectivity index (χ1n) is 12.6. The number of anilines is 1. The van der Waals surface area contributed by atoms with E-state index in [1.807, 2.05) is 25.1 Å². The van der Waals surface area contributed by atoms with Crippen molar-refractivity contribution in [1.82, 2.24) is 20.3 Å². The lowest BCUT2D eigenvalue weighted by molar-refractivity contribution is -0.138. The maximum atomic E-state index is 14.0. The van der Waals surface area contributed by atoms with Gasteiger partial charge in [0.25, 0.3) is 5.91 Å². The molecule has 1 N–H and O–H groups in total. The van der Waals surface area contributed by atoms with E-state index in [4.69, 9.17) is 9.47 Å². The highest BCUT2D eigenvalue weighted by molar-refractivity contribution is 5.96. The Morgan fingerprint density at radius 2 is 1.79 bits per heavy atom. The number of pyridine rings is 3. The Morgan fingerprint density at radius 3 is 2.50 bits per heavy atom. The summed E-state index contributed by atoms with van der Waals surface area (Å²) in [5.74, 6) is -0.197. The van der Waals surface area contributed by atoms with Crippen molar-refractivity contribution in [2.24, 2.45) is 0 Å².